The molecule has 0 aliphatic rings. The molecule has 4 nitrogen and oxygen atoms in total. The third kappa shape index (κ3) is 5.32. The van der Waals surface area contributed by atoms with Crippen molar-refractivity contribution in [2.24, 2.45) is 0 Å². The second kappa shape index (κ2) is 13.1. The second-order valence-electron chi connectivity index (χ2n) is 14.8. The smallest absolute Gasteiger partial charge is 0.179 e. The summed E-state index contributed by atoms with van der Waals surface area (Å²) in [5.74, 6) is 0.611. The molecule has 0 bridgehead atoms. The van der Waals surface area contributed by atoms with Crippen molar-refractivity contribution in [1.82, 2.24) is 15.0 Å². The molecule has 0 saturated heterocycles. The number of hydrogen-bond donors (Lipinski definition) is 0. The van der Waals surface area contributed by atoms with Crippen molar-refractivity contribution in [3.8, 4) is 22.8 Å². The minimum Gasteiger partial charge on any atom is -0.310 e. The van der Waals surface area contributed by atoms with Gasteiger partial charge in [-0.2, -0.15) is 0 Å². The highest BCUT2D eigenvalue weighted by Crippen LogP contribution is 2.42. The maximum atomic E-state index is 5.37. The number of rotatable bonds is 5. The number of thiophene rings is 1. The zero-order chi connectivity index (χ0) is 38.2. The molecule has 12 aromatic rings. The summed E-state index contributed by atoms with van der Waals surface area (Å²) in [5.41, 5.74) is 7.74. The van der Waals surface area contributed by atoms with Crippen LogP contribution in [0.1, 0.15) is 0 Å². The SMILES string of the molecule is c1ccc2cc(N(c3ccc(-c4nc(-c5nc6cc7c(cc6c6ccccc56)sc5ccccc57)nc5ccccc45)cc3)c3ccc4ccccc4c3)ccc2c1. The summed E-state index contributed by atoms with van der Waals surface area (Å²) in [5, 5.41) is 11.6. The van der Waals surface area contributed by atoms with Crippen LogP contribution >= 0.6 is 11.3 Å². The molecule has 0 unspecified atom stereocenters. The number of nitrogens with zero attached hydrogens (tertiary/aromatic N) is 4. The van der Waals surface area contributed by atoms with Gasteiger partial charge in [0.05, 0.1) is 16.7 Å². The van der Waals surface area contributed by atoms with Gasteiger partial charge in [0.2, 0.25) is 0 Å². The lowest BCUT2D eigenvalue weighted by Crippen LogP contribution is -2.10. The number of aromatic nitrogens is 3. The van der Waals surface area contributed by atoms with E-state index in [0.717, 1.165) is 66.6 Å². The van der Waals surface area contributed by atoms with Gasteiger partial charge in [-0.3, -0.25) is 0 Å². The standard InChI is InChI=1S/C53H32N4S/c1-3-13-36-29-39(27-21-33(36)11-1)57(40-28-22-34-12-2-4-14-37(34)30-40)38-25-23-35(24-26-38)51-44-18-7-9-19-47(44)55-53(56-51)52-43-17-6-5-15-41(43)45-32-50-46(31-48(45)54-52)42-16-8-10-20-49(42)58-50/h1-32H. The molecule has 0 spiro atoms. The highest BCUT2D eigenvalue weighted by molar-refractivity contribution is 7.25. The highest BCUT2D eigenvalue weighted by atomic mass is 32.1. The lowest BCUT2D eigenvalue weighted by molar-refractivity contribution is 1.20. The van der Waals surface area contributed by atoms with E-state index in [-0.39, 0.29) is 0 Å². The molecule has 3 aromatic heterocycles. The molecule has 270 valence electrons. The molecular formula is C53H32N4S. The van der Waals surface area contributed by atoms with Crippen molar-refractivity contribution in [1.29, 1.82) is 0 Å². The van der Waals surface area contributed by atoms with Gasteiger partial charge in [-0.25, -0.2) is 15.0 Å². The summed E-state index contributed by atoms with van der Waals surface area (Å²) in [6.45, 7) is 0. The number of fused-ring (bicyclic) bond motifs is 9. The van der Waals surface area contributed by atoms with E-state index in [1.807, 2.05) is 17.4 Å². The van der Waals surface area contributed by atoms with Gasteiger partial charge in [0.15, 0.2) is 5.82 Å². The molecule has 0 radical (unpaired) electrons. The van der Waals surface area contributed by atoms with Crippen molar-refractivity contribution >= 4 is 103 Å². The molecule has 0 saturated carbocycles. The van der Waals surface area contributed by atoms with Crippen LogP contribution in [0.15, 0.2) is 194 Å². The van der Waals surface area contributed by atoms with Crippen LogP contribution < -0.4 is 4.90 Å². The van der Waals surface area contributed by atoms with Crippen molar-refractivity contribution in [3.63, 3.8) is 0 Å². The average molecular weight is 757 g/mol. The summed E-state index contributed by atoms with van der Waals surface area (Å²) < 4.78 is 2.55. The first-order valence-corrected chi connectivity index (χ1v) is 20.3. The van der Waals surface area contributed by atoms with Crippen molar-refractivity contribution < 1.29 is 0 Å². The molecule has 0 fully saturated rings. The number of anilines is 3. The Morgan fingerprint density at radius 3 is 1.64 bits per heavy atom. The number of hydrogen-bond acceptors (Lipinski definition) is 5. The van der Waals surface area contributed by atoms with Gasteiger partial charge in [-0.05, 0) is 87.6 Å². The topological polar surface area (TPSA) is 41.9 Å². The van der Waals surface area contributed by atoms with Crippen molar-refractivity contribution in [3.05, 3.63) is 194 Å². The maximum absolute atomic E-state index is 5.37. The summed E-state index contributed by atoms with van der Waals surface area (Å²) in [6, 6.07) is 69.2. The first-order chi connectivity index (χ1) is 28.7. The van der Waals surface area contributed by atoms with E-state index >= 15 is 0 Å². The van der Waals surface area contributed by atoms with E-state index in [9.17, 15) is 0 Å². The van der Waals surface area contributed by atoms with Gasteiger partial charge in [-0.15, -0.1) is 11.3 Å². The fraction of sp³-hybridized carbons (Fsp3) is 0. The molecule has 58 heavy (non-hydrogen) atoms. The third-order valence-electron chi connectivity index (χ3n) is 11.4. The Kier molecular flexibility index (Phi) is 7.37. The first kappa shape index (κ1) is 32.7. The van der Waals surface area contributed by atoms with E-state index in [0.29, 0.717) is 5.82 Å². The molecule has 0 aliphatic carbocycles. The Morgan fingerprint density at radius 2 is 0.914 bits per heavy atom. The van der Waals surface area contributed by atoms with Gasteiger partial charge in [0, 0.05) is 59.0 Å². The number of pyridine rings is 1. The quantitative estimate of drug-likeness (QED) is 0.164. The fourth-order valence-electron chi connectivity index (χ4n) is 8.59. The van der Waals surface area contributed by atoms with E-state index in [4.69, 9.17) is 15.0 Å². The first-order valence-electron chi connectivity index (χ1n) is 19.5. The van der Waals surface area contributed by atoms with Gasteiger partial charge in [0.25, 0.3) is 0 Å². The highest BCUT2D eigenvalue weighted by Gasteiger charge is 2.19. The molecule has 3 heterocycles. The fourth-order valence-corrected chi connectivity index (χ4v) is 9.72. The van der Waals surface area contributed by atoms with E-state index in [2.05, 4.69) is 193 Å². The van der Waals surface area contributed by atoms with Crippen LogP contribution in [0.5, 0.6) is 0 Å². The lowest BCUT2D eigenvalue weighted by Gasteiger charge is -2.26. The summed E-state index contributed by atoms with van der Waals surface area (Å²) in [7, 11) is 0. The molecule has 5 heteroatoms. The van der Waals surface area contributed by atoms with Crippen LogP contribution in [0.25, 0.3) is 97.1 Å². The minimum atomic E-state index is 0.611. The number of para-hydroxylation sites is 1. The molecule has 12 rings (SSSR count). The van der Waals surface area contributed by atoms with Crippen LogP contribution in [0, 0.1) is 0 Å². The third-order valence-corrected chi connectivity index (χ3v) is 12.5. The zero-order valence-corrected chi connectivity index (χ0v) is 32.0. The Labute approximate surface area is 337 Å². The number of benzene rings is 9. The Bertz CT molecular complexity index is 3510. The predicted molar refractivity (Wildman–Crippen MR) is 246 cm³/mol. The van der Waals surface area contributed by atoms with Gasteiger partial charge < -0.3 is 4.90 Å². The lowest BCUT2D eigenvalue weighted by atomic mass is 10.0. The minimum absolute atomic E-state index is 0.611. The van der Waals surface area contributed by atoms with Crippen LogP contribution in [0.3, 0.4) is 0 Å². The summed E-state index contributed by atoms with van der Waals surface area (Å²) in [4.78, 5) is 18.3. The molecule has 9 aromatic carbocycles. The van der Waals surface area contributed by atoms with E-state index in [1.54, 1.807) is 0 Å². The Hall–Kier alpha value is -7.47. The van der Waals surface area contributed by atoms with Crippen molar-refractivity contribution in [2.75, 3.05) is 4.90 Å². The summed E-state index contributed by atoms with van der Waals surface area (Å²) in [6.07, 6.45) is 0. The van der Waals surface area contributed by atoms with Crippen molar-refractivity contribution in [2.45, 2.75) is 0 Å². The predicted octanol–water partition coefficient (Wildman–Crippen LogP) is 14.8. The van der Waals surface area contributed by atoms with Gasteiger partial charge in [-0.1, -0.05) is 133 Å². The Balaban J connectivity index is 1.02. The molecule has 0 atom stereocenters. The van der Waals surface area contributed by atoms with Crippen LogP contribution in [0.4, 0.5) is 17.1 Å². The molecular weight excluding hydrogens is 725 g/mol. The van der Waals surface area contributed by atoms with Gasteiger partial charge >= 0.3 is 0 Å². The van der Waals surface area contributed by atoms with Crippen LogP contribution in [-0.2, 0) is 0 Å². The van der Waals surface area contributed by atoms with Crippen LogP contribution in [-0.4, -0.2) is 15.0 Å². The molecule has 0 amide bonds. The molecule has 0 aliphatic heterocycles. The van der Waals surface area contributed by atoms with Crippen LogP contribution in [0.2, 0.25) is 0 Å². The van der Waals surface area contributed by atoms with Gasteiger partial charge in [0.1, 0.15) is 5.69 Å². The summed E-state index contributed by atoms with van der Waals surface area (Å²) >= 11 is 1.83. The Morgan fingerprint density at radius 1 is 0.328 bits per heavy atom. The monoisotopic (exact) mass is 756 g/mol. The normalized spacial score (nSPS) is 11.8. The average Bonchev–Trinajstić information content (AvgIpc) is 3.65. The van der Waals surface area contributed by atoms with E-state index in [1.165, 1.54) is 41.7 Å². The largest absolute Gasteiger partial charge is 0.310 e. The van der Waals surface area contributed by atoms with E-state index < -0.39 is 0 Å². The maximum Gasteiger partial charge on any atom is 0.179 e. The molecule has 0 N–H and O–H groups in total. The second-order valence-corrected chi connectivity index (χ2v) is 15.9. The zero-order valence-electron chi connectivity index (χ0n) is 31.2.